The molecule has 0 radical (unpaired) electrons. The van der Waals surface area contributed by atoms with E-state index < -0.39 is 17.3 Å². The van der Waals surface area contributed by atoms with Crippen LogP contribution in [0.2, 0.25) is 0 Å². The molecule has 1 aromatic carbocycles. The topological polar surface area (TPSA) is 66.4 Å². The first kappa shape index (κ1) is 8.47. The number of carbonyl (C=O) groups is 2. The van der Waals surface area contributed by atoms with Gasteiger partial charge in [0, 0.05) is 5.69 Å². The van der Waals surface area contributed by atoms with E-state index in [4.69, 9.17) is 5.11 Å². The smallest absolute Gasteiger partial charge is 0.307 e. The zero-order valence-electron chi connectivity index (χ0n) is 7.86. The van der Waals surface area contributed by atoms with Gasteiger partial charge in [0.15, 0.2) is 0 Å². The summed E-state index contributed by atoms with van der Waals surface area (Å²) in [7, 11) is 0. The van der Waals surface area contributed by atoms with Gasteiger partial charge in [0.25, 0.3) is 0 Å². The van der Waals surface area contributed by atoms with Crippen molar-refractivity contribution in [3.8, 4) is 0 Å². The minimum Gasteiger partial charge on any atom is -0.481 e. The molecule has 0 bridgehead atoms. The maximum atomic E-state index is 11.8. The molecule has 2 aliphatic rings. The highest BCUT2D eigenvalue weighted by Gasteiger charge is 2.68. The molecule has 1 aliphatic heterocycles. The molecule has 3 rings (SSSR count). The van der Waals surface area contributed by atoms with Crippen molar-refractivity contribution in [2.45, 2.75) is 11.8 Å². The summed E-state index contributed by atoms with van der Waals surface area (Å²) in [6.45, 7) is 0. The minimum absolute atomic E-state index is 0.170. The first-order valence-corrected chi connectivity index (χ1v) is 4.80. The quantitative estimate of drug-likeness (QED) is 0.715. The van der Waals surface area contributed by atoms with Crippen LogP contribution in [0.3, 0.4) is 0 Å². The van der Waals surface area contributed by atoms with Crippen LogP contribution < -0.4 is 5.32 Å². The van der Waals surface area contributed by atoms with Crippen LogP contribution in [0.15, 0.2) is 24.3 Å². The monoisotopic (exact) mass is 203 g/mol. The van der Waals surface area contributed by atoms with E-state index in [0.717, 1.165) is 11.3 Å². The van der Waals surface area contributed by atoms with Crippen molar-refractivity contribution in [1.82, 2.24) is 0 Å². The summed E-state index contributed by atoms with van der Waals surface area (Å²) in [5.74, 6) is -1.61. The highest BCUT2D eigenvalue weighted by Crippen LogP contribution is 2.59. The third kappa shape index (κ3) is 0.862. The summed E-state index contributed by atoms with van der Waals surface area (Å²) in [6, 6.07) is 7.30. The van der Waals surface area contributed by atoms with Crippen LogP contribution in [0.5, 0.6) is 0 Å². The fourth-order valence-corrected chi connectivity index (χ4v) is 2.45. The minimum atomic E-state index is -0.887. The predicted molar refractivity (Wildman–Crippen MR) is 52.5 cm³/mol. The number of anilines is 1. The molecule has 1 amide bonds. The summed E-state index contributed by atoms with van der Waals surface area (Å²) >= 11 is 0. The molecule has 1 aliphatic carbocycles. The molecule has 1 fully saturated rings. The van der Waals surface area contributed by atoms with Gasteiger partial charge in [-0.15, -0.1) is 0 Å². The standard InChI is InChI=1S/C11H9NO3/c13-9(14)7-5-11(7)6-3-1-2-4-8(6)12-10(11)15/h1-4,7H,5H2,(H,12,15)(H,13,14)/t7?,11-/m0/s1. The van der Waals surface area contributed by atoms with Gasteiger partial charge in [0.05, 0.1) is 11.3 Å². The van der Waals surface area contributed by atoms with Gasteiger partial charge in [0.2, 0.25) is 5.91 Å². The Kier molecular flexibility index (Phi) is 1.35. The van der Waals surface area contributed by atoms with Gasteiger partial charge in [0.1, 0.15) is 0 Å². The Bertz CT molecular complexity index is 482. The molecule has 1 unspecified atom stereocenters. The number of carbonyl (C=O) groups excluding carboxylic acids is 1. The summed E-state index contributed by atoms with van der Waals surface area (Å²) in [5, 5.41) is 11.7. The number of rotatable bonds is 1. The van der Waals surface area contributed by atoms with E-state index in [1.165, 1.54) is 0 Å². The van der Waals surface area contributed by atoms with E-state index in [1.807, 2.05) is 18.2 Å². The molecule has 2 N–H and O–H groups in total. The Morgan fingerprint density at radius 2 is 2.20 bits per heavy atom. The van der Waals surface area contributed by atoms with Crippen molar-refractivity contribution in [3.63, 3.8) is 0 Å². The Morgan fingerprint density at radius 1 is 1.47 bits per heavy atom. The van der Waals surface area contributed by atoms with Crippen LogP contribution in [-0.2, 0) is 15.0 Å². The van der Waals surface area contributed by atoms with Crippen LogP contribution in [0.1, 0.15) is 12.0 Å². The molecular formula is C11H9NO3. The summed E-state index contributed by atoms with van der Waals surface area (Å²) in [6.07, 6.45) is 0.422. The molecule has 15 heavy (non-hydrogen) atoms. The first-order valence-electron chi connectivity index (χ1n) is 4.80. The van der Waals surface area contributed by atoms with Crippen molar-refractivity contribution in [2.24, 2.45) is 5.92 Å². The van der Waals surface area contributed by atoms with E-state index >= 15 is 0 Å². The van der Waals surface area contributed by atoms with Gasteiger partial charge < -0.3 is 10.4 Å². The number of carboxylic acid groups (broad SMARTS) is 1. The highest BCUT2D eigenvalue weighted by atomic mass is 16.4. The second kappa shape index (κ2) is 2.39. The third-order valence-corrected chi connectivity index (χ3v) is 3.32. The van der Waals surface area contributed by atoms with Crippen LogP contribution in [-0.4, -0.2) is 17.0 Å². The molecule has 1 heterocycles. The van der Waals surface area contributed by atoms with E-state index in [-0.39, 0.29) is 5.91 Å². The first-order chi connectivity index (χ1) is 7.16. The molecule has 1 saturated carbocycles. The summed E-state index contributed by atoms with van der Waals surface area (Å²) < 4.78 is 0. The van der Waals surface area contributed by atoms with E-state index in [2.05, 4.69) is 5.32 Å². The largest absolute Gasteiger partial charge is 0.481 e. The Labute approximate surface area is 85.9 Å². The molecular weight excluding hydrogens is 194 g/mol. The number of benzene rings is 1. The van der Waals surface area contributed by atoms with Crippen molar-refractivity contribution in [2.75, 3.05) is 5.32 Å². The lowest BCUT2D eigenvalue weighted by atomic mass is 9.95. The molecule has 0 saturated heterocycles. The average Bonchev–Trinajstić information content (AvgIpc) is 2.88. The maximum Gasteiger partial charge on any atom is 0.307 e. The van der Waals surface area contributed by atoms with Crippen LogP contribution in [0.4, 0.5) is 5.69 Å². The predicted octanol–water partition coefficient (Wildman–Crippen LogP) is 0.981. The van der Waals surface area contributed by atoms with Crippen LogP contribution in [0.25, 0.3) is 0 Å². The Balaban J connectivity index is 2.13. The fourth-order valence-electron chi connectivity index (χ4n) is 2.45. The third-order valence-electron chi connectivity index (χ3n) is 3.32. The van der Waals surface area contributed by atoms with Gasteiger partial charge in [-0.1, -0.05) is 18.2 Å². The van der Waals surface area contributed by atoms with E-state index in [1.54, 1.807) is 6.07 Å². The molecule has 76 valence electrons. The number of fused-ring (bicyclic) bond motifs is 2. The number of aliphatic carboxylic acids is 1. The molecule has 1 aromatic rings. The van der Waals surface area contributed by atoms with Crippen molar-refractivity contribution in [3.05, 3.63) is 29.8 Å². The Hall–Kier alpha value is -1.84. The van der Waals surface area contributed by atoms with E-state index in [9.17, 15) is 9.59 Å². The lowest BCUT2D eigenvalue weighted by Gasteiger charge is -2.04. The number of hydrogen-bond acceptors (Lipinski definition) is 2. The normalized spacial score (nSPS) is 31.2. The number of para-hydroxylation sites is 1. The Morgan fingerprint density at radius 3 is 2.87 bits per heavy atom. The molecule has 4 nitrogen and oxygen atoms in total. The second-order valence-corrected chi connectivity index (χ2v) is 4.07. The average molecular weight is 203 g/mol. The number of amides is 1. The van der Waals surface area contributed by atoms with E-state index in [0.29, 0.717) is 6.42 Å². The molecule has 2 atom stereocenters. The van der Waals surface area contributed by atoms with Gasteiger partial charge in [-0.25, -0.2) is 0 Å². The fraction of sp³-hybridized carbons (Fsp3) is 0.273. The highest BCUT2D eigenvalue weighted by molar-refractivity contribution is 6.11. The number of carboxylic acids is 1. The second-order valence-electron chi connectivity index (χ2n) is 4.07. The molecule has 4 heteroatoms. The molecule has 0 aromatic heterocycles. The zero-order chi connectivity index (χ0) is 10.6. The number of hydrogen-bond donors (Lipinski definition) is 2. The number of nitrogens with one attached hydrogen (secondary N) is 1. The van der Waals surface area contributed by atoms with Gasteiger partial charge in [-0.05, 0) is 18.1 Å². The summed E-state index contributed by atoms with van der Waals surface area (Å²) in [4.78, 5) is 22.7. The van der Waals surface area contributed by atoms with Crippen molar-refractivity contribution in [1.29, 1.82) is 0 Å². The SMILES string of the molecule is O=C(O)C1C[C@@]12C(=O)Nc1ccccc12. The van der Waals surface area contributed by atoms with Gasteiger partial charge >= 0.3 is 5.97 Å². The van der Waals surface area contributed by atoms with Crippen LogP contribution in [0, 0.1) is 5.92 Å². The molecule has 1 spiro atoms. The summed E-state index contributed by atoms with van der Waals surface area (Å²) in [5.41, 5.74) is 0.816. The van der Waals surface area contributed by atoms with Gasteiger partial charge in [-0.2, -0.15) is 0 Å². The zero-order valence-corrected chi connectivity index (χ0v) is 7.86. The van der Waals surface area contributed by atoms with Gasteiger partial charge in [-0.3, -0.25) is 9.59 Å². The lowest BCUT2D eigenvalue weighted by Crippen LogP contribution is -2.23. The lowest BCUT2D eigenvalue weighted by molar-refractivity contribution is -0.140. The van der Waals surface area contributed by atoms with Crippen molar-refractivity contribution < 1.29 is 14.7 Å². The maximum absolute atomic E-state index is 11.8. The van der Waals surface area contributed by atoms with Crippen molar-refractivity contribution >= 4 is 17.6 Å². The van der Waals surface area contributed by atoms with Crippen LogP contribution >= 0.6 is 0 Å².